The Morgan fingerprint density at radius 1 is 1.11 bits per heavy atom. The number of aromatic nitrogens is 1. The molecule has 37 heavy (non-hydrogen) atoms. The Hall–Kier alpha value is -3.95. The van der Waals surface area contributed by atoms with E-state index < -0.39 is 34.2 Å². The van der Waals surface area contributed by atoms with Gasteiger partial charge in [0.2, 0.25) is 5.78 Å². The van der Waals surface area contributed by atoms with Crippen LogP contribution in [0.3, 0.4) is 0 Å². The van der Waals surface area contributed by atoms with Crippen molar-refractivity contribution in [1.29, 1.82) is 0 Å². The number of sulfonamides is 1. The van der Waals surface area contributed by atoms with Crippen molar-refractivity contribution in [2.45, 2.75) is 11.8 Å². The largest absolute Gasteiger partial charge is 0.454 e. The van der Waals surface area contributed by atoms with Crippen LogP contribution in [0.1, 0.15) is 26.4 Å². The molecule has 1 heterocycles. The van der Waals surface area contributed by atoms with E-state index >= 15 is 0 Å². The number of hydrogen-bond acceptors (Lipinski definition) is 5. The van der Waals surface area contributed by atoms with Crippen molar-refractivity contribution in [3.05, 3.63) is 107 Å². The molecule has 0 unspecified atom stereocenters. The zero-order chi connectivity index (χ0) is 26.7. The Labute approximate surface area is 218 Å². The molecule has 4 aromatic rings. The molecule has 1 aromatic heterocycles. The molecule has 3 aromatic carbocycles. The standard InChI is InChI=1S/C27H22ClFN2O5S/c1-3-14-31(20-11-9-19(29)10-12-20)37(34,35)25-15-18(8-13-22(25)28)27(33)36-16-24(32)26-17(2)30-23-7-5-4-6-21(23)26/h3-13,15,30H,1,14,16H2,2H3. The number of Topliss-reactive ketones (excluding diaryl/α,β-unsaturated/α-hetero) is 1. The number of ketones is 1. The third kappa shape index (κ3) is 5.28. The van der Waals surface area contributed by atoms with Crippen LogP contribution in [0.25, 0.3) is 10.9 Å². The minimum absolute atomic E-state index is 0.107. The molecule has 190 valence electrons. The third-order valence-corrected chi connectivity index (χ3v) is 7.93. The average Bonchev–Trinajstić information content (AvgIpc) is 3.22. The van der Waals surface area contributed by atoms with E-state index in [0.717, 1.165) is 28.0 Å². The Morgan fingerprint density at radius 2 is 1.81 bits per heavy atom. The van der Waals surface area contributed by atoms with Crippen LogP contribution in [0.4, 0.5) is 10.1 Å². The maximum absolute atomic E-state index is 13.5. The lowest BCUT2D eigenvalue weighted by Gasteiger charge is -2.24. The maximum atomic E-state index is 13.5. The van der Waals surface area contributed by atoms with Gasteiger partial charge in [0, 0.05) is 22.2 Å². The quantitative estimate of drug-likeness (QED) is 0.167. The number of carbonyl (C=O) groups is 2. The van der Waals surface area contributed by atoms with Crippen molar-refractivity contribution in [3.8, 4) is 0 Å². The van der Waals surface area contributed by atoms with Crippen LogP contribution in [0, 0.1) is 12.7 Å². The minimum atomic E-state index is -4.28. The van der Waals surface area contributed by atoms with E-state index in [-0.39, 0.29) is 27.7 Å². The van der Waals surface area contributed by atoms with Crippen molar-refractivity contribution in [1.82, 2.24) is 4.98 Å². The fourth-order valence-electron chi connectivity index (χ4n) is 3.94. The second-order valence-electron chi connectivity index (χ2n) is 8.12. The molecular weight excluding hydrogens is 519 g/mol. The number of halogens is 2. The summed E-state index contributed by atoms with van der Waals surface area (Å²) in [6.07, 6.45) is 1.37. The second kappa shape index (κ2) is 10.6. The van der Waals surface area contributed by atoms with Crippen LogP contribution in [-0.2, 0) is 14.8 Å². The second-order valence-corrected chi connectivity index (χ2v) is 10.4. The van der Waals surface area contributed by atoms with Gasteiger partial charge in [-0.1, -0.05) is 35.9 Å². The summed E-state index contributed by atoms with van der Waals surface area (Å²) in [6, 6.07) is 15.8. The molecular formula is C27H22ClFN2O5S. The van der Waals surface area contributed by atoms with Gasteiger partial charge >= 0.3 is 5.97 Å². The first kappa shape index (κ1) is 26.1. The number of carbonyl (C=O) groups excluding carboxylic acids is 2. The van der Waals surface area contributed by atoms with Gasteiger partial charge in [0.1, 0.15) is 10.7 Å². The van der Waals surface area contributed by atoms with Gasteiger partial charge in [-0.25, -0.2) is 17.6 Å². The van der Waals surface area contributed by atoms with E-state index in [1.165, 1.54) is 30.3 Å². The Kier molecular flexibility index (Phi) is 7.47. The van der Waals surface area contributed by atoms with Crippen molar-refractivity contribution >= 4 is 50.0 Å². The lowest BCUT2D eigenvalue weighted by atomic mass is 10.1. The molecule has 0 spiro atoms. The van der Waals surface area contributed by atoms with Crippen LogP contribution >= 0.6 is 11.6 Å². The molecule has 0 fully saturated rings. The first-order valence-electron chi connectivity index (χ1n) is 11.1. The highest BCUT2D eigenvalue weighted by Crippen LogP contribution is 2.30. The average molecular weight is 541 g/mol. The number of hydrogen-bond donors (Lipinski definition) is 1. The molecule has 0 saturated heterocycles. The number of para-hydroxylation sites is 1. The fourth-order valence-corrected chi connectivity index (χ4v) is 5.87. The zero-order valence-electron chi connectivity index (χ0n) is 19.7. The molecule has 10 heteroatoms. The summed E-state index contributed by atoms with van der Waals surface area (Å²) in [5.74, 6) is -1.82. The fraction of sp³-hybridized carbons (Fsp3) is 0.111. The summed E-state index contributed by atoms with van der Waals surface area (Å²) in [7, 11) is -4.28. The smallest absolute Gasteiger partial charge is 0.338 e. The predicted molar refractivity (Wildman–Crippen MR) is 140 cm³/mol. The number of rotatable bonds is 9. The first-order chi connectivity index (χ1) is 17.6. The molecule has 0 atom stereocenters. The normalized spacial score (nSPS) is 11.3. The van der Waals surface area contributed by atoms with Gasteiger partial charge in [0.05, 0.1) is 22.8 Å². The van der Waals surface area contributed by atoms with E-state index in [0.29, 0.717) is 16.6 Å². The third-order valence-electron chi connectivity index (χ3n) is 5.65. The number of H-pyrrole nitrogens is 1. The lowest BCUT2D eigenvalue weighted by molar-refractivity contribution is 0.0474. The molecule has 1 N–H and O–H groups in total. The van der Waals surface area contributed by atoms with Gasteiger partial charge in [0.25, 0.3) is 10.0 Å². The SMILES string of the molecule is C=CCN(c1ccc(F)cc1)S(=O)(=O)c1cc(C(=O)OCC(=O)c2c(C)[nH]c3ccccc23)ccc1Cl. The van der Waals surface area contributed by atoms with Crippen molar-refractivity contribution in [2.24, 2.45) is 0 Å². The Morgan fingerprint density at radius 3 is 2.51 bits per heavy atom. The van der Waals surface area contributed by atoms with Gasteiger partial charge in [-0.2, -0.15) is 0 Å². The first-order valence-corrected chi connectivity index (χ1v) is 12.9. The topological polar surface area (TPSA) is 96.5 Å². The van der Waals surface area contributed by atoms with Crippen LogP contribution in [0.5, 0.6) is 0 Å². The van der Waals surface area contributed by atoms with Gasteiger partial charge in [-0.15, -0.1) is 6.58 Å². The van der Waals surface area contributed by atoms with Crippen LogP contribution in [-0.4, -0.2) is 38.3 Å². The van der Waals surface area contributed by atoms with Crippen LogP contribution < -0.4 is 4.31 Å². The molecule has 0 aliphatic rings. The van der Waals surface area contributed by atoms with Gasteiger partial charge in [-0.05, 0) is 55.5 Å². The number of ether oxygens (including phenoxy) is 1. The molecule has 0 amide bonds. The molecule has 7 nitrogen and oxygen atoms in total. The minimum Gasteiger partial charge on any atom is -0.454 e. The van der Waals surface area contributed by atoms with Gasteiger partial charge in [0.15, 0.2) is 6.61 Å². The maximum Gasteiger partial charge on any atom is 0.338 e. The Balaban J connectivity index is 1.58. The van der Waals surface area contributed by atoms with Crippen molar-refractivity contribution < 1.29 is 27.1 Å². The van der Waals surface area contributed by atoms with Crippen molar-refractivity contribution in [2.75, 3.05) is 17.5 Å². The monoisotopic (exact) mass is 540 g/mol. The van der Waals surface area contributed by atoms with E-state index in [1.54, 1.807) is 19.1 Å². The summed E-state index contributed by atoms with van der Waals surface area (Å²) >= 11 is 6.21. The van der Waals surface area contributed by atoms with E-state index in [4.69, 9.17) is 16.3 Å². The number of nitrogens with one attached hydrogen (secondary N) is 1. The number of aryl methyl sites for hydroxylation is 1. The van der Waals surface area contributed by atoms with E-state index in [2.05, 4.69) is 11.6 Å². The summed E-state index contributed by atoms with van der Waals surface area (Å²) < 4.78 is 46.6. The number of anilines is 1. The summed E-state index contributed by atoms with van der Waals surface area (Å²) in [5.41, 5.74) is 1.92. The van der Waals surface area contributed by atoms with E-state index in [9.17, 15) is 22.4 Å². The van der Waals surface area contributed by atoms with Crippen LogP contribution in [0.15, 0.2) is 84.3 Å². The molecule has 4 rings (SSSR count). The zero-order valence-corrected chi connectivity index (χ0v) is 21.3. The number of esters is 1. The highest BCUT2D eigenvalue weighted by Gasteiger charge is 2.28. The molecule has 0 aliphatic heterocycles. The number of aromatic amines is 1. The number of nitrogens with zero attached hydrogens (tertiary/aromatic N) is 1. The molecule has 0 bridgehead atoms. The molecule has 0 radical (unpaired) electrons. The predicted octanol–water partition coefficient (Wildman–Crippen LogP) is 5.69. The Bertz CT molecular complexity index is 1610. The highest BCUT2D eigenvalue weighted by molar-refractivity contribution is 7.93. The van der Waals surface area contributed by atoms with Gasteiger partial charge in [-0.3, -0.25) is 9.10 Å². The van der Waals surface area contributed by atoms with Crippen molar-refractivity contribution in [3.63, 3.8) is 0 Å². The summed E-state index contributed by atoms with van der Waals surface area (Å²) in [4.78, 5) is 28.4. The molecule has 0 saturated carbocycles. The number of benzene rings is 3. The summed E-state index contributed by atoms with van der Waals surface area (Å²) in [6.45, 7) is 4.67. The van der Waals surface area contributed by atoms with E-state index in [1.807, 2.05) is 12.1 Å². The highest BCUT2D eigenvalue weighted by atomic mass is 35.5. The van der Waals surface area contributed by atoms with Gasteiger partial charge < -0.3 is 9.72 Å². The summed E-state index contributed by atoms with van der Waals surface area (Å²) in [5, 5.41) is 0.585. The number of fused-ring (bicyclic) bond motifs is 1. The molecule has 0 aliphatic carbocycles. The lowest BCUT2D eigenvalue weighted by Crippen LogP contribution is -2.31. The van der Waals surface area contributed by atoms with Crippen LogP contribution in [0.2, 0.25) is 5.02 Å².